The van der Waals surface area contributed by atoms with E-state index in [1.807, 2.05) is 23.6 Å². The van der Waals surface area contributed by atoms with Gasteiger partial charge in [0.05, 0.1) is 12.0 Å². The molecule has 24 heavy (non-hydrogen) atoms. The van der Waals surface area contributed by atoms with Crippen molar-refractivity contribution in [2.24, 2.45) is 0 Å². The maximum absolute atomic E-state index is 12.6. The summed E-state index contributed by atoms with van der Waals surface area (Å²) in [5.74, 6) is 0.162. The molecule has 126 valence electrons. The zero-order valence-electron chi connectivity index (χ0n) is 14.2. The van der Waals surface area contributed by atoms with Gasteiger partial charge in [-0.05, 0) is 31.0 Å². The number of benzene rings is 1. The fourth-order valence-electron chi connectivity index (χ4n) is 3.06. The van der Waals surface area contributed by atoms with Crippen molar-refractivity contribution in [2.75, 3.05) is 26.2 Å². The molecule has 2 aromatic rings. The van der Waals surface area contributed by atoms with Crippen molar-refractivity contribution in [1.29, 1.82) is 0 Å². The van der Waals surface area contributed by atoms with Crippen LogP contribution in [-0.4, -0.2) is 52.8 Å². The van der Waals surface area contributed by atoms with Crippen molar-refractivity contribution >= 4 is 11.8 Å². The molecular formula is C19H23N3O2. The first kappa shape index (κ1) is 16.3. The standard InChI is InChI=1S/C19H23N3O2/c1-14-3-4-15(2)17(11-14)12-18(23)21-7-9-22(10-8-21)19(24)16-5-6-20-13-16/h3-6,11,13,20H,7-10,12H2,1-2H3. The summed E-state index contributed by atoms with van der Waals surface area (Å²) in [4.78, 5) is 31.4. The zero-order valence-corrected chi connectivity index (χ0v) is 14.2. The second kappa shape index (κ2) is 6.91. The van der Waals surface area contributed by atoms with E-state index in [4.69, 9.17) is 0 Å². The van der Waals surface area contributed by atoms with Crippen LogP contribution < -0.4 is 0 Å². The highest BCUT2D eigenvalue weighted by molar-refractivity contribution is 5.94. The van der Waals surface area contributed by atoms with Crippen LogP contribution in [0.25, 0.3) is 0 Å². The Balaban J connectivity index is 1.57. The fraction of sp³-hybridized carbons (Fsp3) is 0.368. The number of carbonyl (C=O) groups is 2. The van der Waals surface area contributed by atoms with Crippen LogP contribution in [0.5, 0.6) is 0 Å². The molecule has 2 amide bonds. The maximum Gasteiger partial charge on any atom is 0.255 e. The molecule has 0 aliphatic carbocycles. The van der Waals surface area contributed by atoms with E-state index in [0.717, 1.165) is 11.1 Å². The van der Waals surface area contributed by atoms with Gasteiger partial charge in [-0.25, -0.2) is 0 Å². The molecule has 1 aliphatic heterocycles. The van der Waals surface area contributed by atoms with Crippen LogP contribution >= 0.6 is 0 Å². The van der Waals surface area contributed by atoms with E-state index < -0.39 is 0 Å². The molecule has 1 aromatic heterocycles. The Kier molecular flexibility index (Phi) is 4.69. The summed E-state index contributed by atoms with van der Waals surface area (Å²) >= 11 is 0. The highest BCUT2D eigenvalue weighted by Crippen LogP contribution is 2.14. The van der Waals surface area contributed by atoms with Gasteiger partial charge in [-0.15, -0.1) is 0 Å². The number of rotatable bonds is 3. The molecule has 0 atom stereocenters. The Labute approximate surface area is 142 Å². The number of carbonyl (C=O) groups excluding carboxylic acids is 2. The third-order valence-electron chi connectivity index (χ3n) is 4.61. The molecule has 0 spiro atoms. The van der Waals surface area contributed by atoms with Crippen LogP contribution in [-0.2, 0) is 11.2 Å². The second-order valence-electron chi connectivity index (χ2n) is 6.38. The SMILES string of the molecule is Cc1ccc(C)c(CC(=O)N2CCN(C(=O)c3cc[nH]c3)CC2)c1. The number of H-pyrrole nitrogens is 1. The van der Waals surface area contributed by atoms with Gasteiger partial charge in [-0.2, -0.15) is 0 Å². The maximum atomic E-state index is 12.6. The normalized spacial score (nSPS) is 14.8. The Morgan fingerprint density at radius 3 is 2.42 bits per heavy atom. The zero-order chi connectivity index (χ0) is 17.1. The third-order valence-corrected chi connectivity index (χ3v) is 4.61. The summed E-state index contributed by atoms with van der Waals surface area (Å²) < 4.78 is 0. The van der Waals surface area contributed by atoms with Crippen molar-refractivity contribution < 1.29 is 9.59 Å². The van der Waals surface area contributed by atoms with Crippen molar-refractivity contribution in [3.05, 3.63) is 58.9 Å². The van der Waals surface area contributed by atoms with Crippen LogP contribution in [0.2, 0.25) is 0 Å². The third kappa shape index (κ3) is 3.50. The Hall–Kier alpha value is -2.56. The predicted octanol–water partition coefficient (Wildman–Crippen LogP) is 2.16. The molecule has 0 unspecified atom stereocenters. The first-order chi connectivity index (χ1) is 11.5. The average Bonchev–Trinajstić information content (AvgIpc) is 3.12. The molecule has 1 saturated heterocycles. The van der Waals surface area contributed by atoms with E-state index >= 15 is 0 Å². The number of hydrogen-bond acceptors (Lipinski definition) is 2. The number of hydrogen-bond donors (Lipinski definition) is 1. The second-order valence-corrected chi connectivity index (χ2v) is 6.38. The quantitative estimate of drug-likeness (QED) is 0.940. The van der Waals surface area contributed by atoms with E-state index in [-0.39, 0.29) is 11.8 Å². The van der Waals surface area contributed by atoms with Crippen molar-refractivity contribution in [1.82, 2.24) is 14.8 Å². The fourth-order valence-corrected chi connectivity index (χ4v) is 3.06. The molecule has 5 nitrogen and oxygen atoms in total. The van der Waals surface area contributed by atoms with Gasteiger partial charge in [0.25, 0.3) is 5.91 Å². The molecule has 3 rings (SSSR count). The summed E-state index contributed by atoms with van der Waals surface area (Å²) in [7, 11) is 0. The molecule has 0 saturated carbocycles. The van der Waals surface area contributed by atoms with Gasteiger partial charge >= 0.3 is 0 Å². The number of nitrogens with one attached hydrogen (secondary N) is 1. The van der Waals surface area contributed by atoms with Gasteiger partial charge in [-0.1, -0.05) is 23.8 Å². The number of aryl methyl sites for hydroxylation is 2. The van der Waals surface area contributed by atoms with Gasteiger partial charge in [0.15, 0.2) is 0 Å². The van der Waals surface area contributed by atoms with Gasteiger partial charge in [-0.3, -0.25) is 9.59 Å². The summed E-state index contributed by atoms with van der Waals surface area (Å²) in [6.07, 6.45) is 3.89. The molecule has 2 heterocycles. The lowest BCUT2D eigenvalue weighted by molar-refractivity contribution is -0.131. The van der Waals surface area contributed by atoms with Crippen LogP contribution in [0.4, 0.5) is 0 Å². The number of aromatic amines is 1. The summed E-state index contributed by atoms with van der Waals surface area (Å²) in [5.41, 5.74) is 4.08. The number of nitrogens with zero attached hydrogens (tertiary/aromatic N) is 2. The number of aromatic nitrogens is 1. The van der Waals surface area contributed by atoms with Gasteiger partial charge in [0.1, 0.15) is 0 Å². The van der Waals surface area contributed by atoms with Gasteiger partial charge in [0.2, 0.25) is 5.91 Å². The van der Waals surface area contributed by atoms with Crippen LogP contribution in [0.3, 0.4) is 0 Å². The van der Waals surface area contributed by atoms with E-state index in [2.05, 4.69) is 23.2 Å². The monoisotopic (exact) mass is 325 g/mol. The van der Waals surface area contributed by atoms with Crippen molar-refractivity contribution in [3.63, 3.8) is 0 Å². The molecular weight excluding hydrogens is 302 g/mol. The smallest absolute Gasteiger partial charge is 0.255 e. The van der Waals surface area contributed by atoms with Gasteiger partial charge < -0.3 is 14.8 Å². The van der Waals surface area contributed by atoms with E-state index in [1.54, 1.807) is 18.5 Å². The number of amides is 2. The topological polar surface area (TPSA) is 56.4 Å². The van der Waals surface area contributed by atoms with E-state index in [9.17, 15) is 9.59 Å². The predicted molar refractivity (Wildman–Crippen MR) is 92.9 cm³/mol. The Bertz CT molecular complexity index is 729. The number of piperazine rings is 1. The average molecular weight is 325 g/mol. The molecule has 1 aliphatic rings. The Morgan fingerprint density at radius 1 is 1.04 bits per heavy atom. The minimum atomic E-state index is 0.0258. The van der Waals surface area contributed by atoms with Crippen LogP contribution in [0.15, 0.2) is 36.7 Å². The van der Waals surface area contributed by atoms with Crippen molar-refractivity contribution in [2.45, 2.75) is 20.3 Å². The lowest BCUT2D eigenvalue weighted by atomic mass is 10.0. The largest absolute Gasteiger partial charge is 0.367 e. The first-order valence-corrected chi connectivity index (χ1v) is 8.30. The van der Waals surface area contributed by atoms with Gasteiger partial charge in [0, 0.05) is 38.6 Å². The van der Waals surface area contributed by atoms with E-state index in [1.165, 1.54) is 5.56 Å². The summed E-state index contributed by atoms with van der Waals surface area (Å²) in [6, 6.07) is 7.99. The minimum Gasteiger partial charge on any atom is -0.367 e. The summed E-state index contributed by atoms with van der Waals surface area (Å²) in [6.45, 7) is 6.44. The lowest BCUT2D eigenvalue weighted by Crippen LogP contribution is -2.51. The molecule has 1 aromatic carbocycles. The van der Waals surface area contributed by atoms with Crippen LogP contribution in [0.1, 0.15) is 27.0 Å². The molecule has 5 heteroatoms. The minimum absolute atomic E-state index is 0.0258. The lowest BCUT2D eigenvalue weighted by Gasteiger charge is -2.34. The molecule has 1 fully saturated rings. The Morgan fingerprint density at radius 2 is 1.75 bits per heavy atom. The molecule has 0 radical (unpaired) electrons. The highest BCUT2D eigenvalue weighted by Gasteiger charge is 2.25. The van der Waals surface area contributed by atoms with Crippen LogP contribution in [0, 0.1) is 13.8 Å². The van der Waals surface area contributed by atoms with E-state index in [0.29, 0.717) is 38.2 Å². The molecule has 1 N–H and O–H groups in total. The summed E-state index contributed by atoms with van der Waals surface area (Å²) in [5, 5.41) is 0. The first-order valence-electron chi connectivity index (χ1n) is 8.30. The molecule has 0 bridgehead atoms. The van der Waals surface area contributed by atoms with Crippen molar-refractivity contribution in [3.8, 4) is 0 Å². The highest BCUT2D eigenvalue weighted by atomic mass is 16.2.